The summed E-state index contributed by atoms with van der Waals surface area (Å²) < 4.78 is 5.53. The number of carbonyl (C=O) groups is 1. The molecule has 0 unspecified atom stereocenters. The van der Waals surface area contributed by atoms with Crippen molar-refractivity contribution >= 4 is 35.8 Å². The zero-order valence-corrected chi connectivity index (χ0v) is 17.9. The van der Waals surface area contributed by atoms with Crippen molar-refractivity contribution in [1.29, 1.82) is 0 Å². The predicted octanol–water partition coefficient (Wildman–Crippen LogP) is 2.41. The van der Waals surface area contributed by atoms with Gasteiger partial charge in [-0.1, -0.05) is 17.7 Å². The largest absolute Gasteiger partial charge is 0.444 e. The minimum atomic E-state index is -0.0197. The Balaban J connectivity index is 0.00000338. The molecule has 142 valence electrons. The molecule has 1 heterocycles. The van der Waals surface area contributed by atoms with Crippen LogP contribution in [0.4, 0.5) is 0 Å². The van der Waals surface area contributed by atoms with Gasteiger partial charge in [0.05, 0.1) is 13.1 Å². The van der Waals surface area contributed by atoms with Gasteiger partial charge in [-0.2, -0.15) is 0 Å². The van der Waals surface area contributed by atoms with Gasteiger partial charge >= 0.3 is 0 Å². The van der Waals surface area contributed by atoms with Crippen molar-refractivity contribution in [3.05, 3.63) is 41.8 Å². The second-order valence-electron chi connectivity index (χ2n) is 5.85. The molecule has 26 heavy (non-hydrogen) atoms. The van der Waals surface area contributed by atoms with E-state index >= 15 is 0 Å². The summed E-state index contributed by atoms with van der Waals surface area (Å²) in [6, 6.07) is 8.00. The number of aliphatic imine (C=N–C) groups is 1. The lowest BCUT2D eigenvalue weighted by Crippen LogP contribution is -2.42. The van der Waals surface area contributed by atoms with Crippen molar-refractivity contribution in [2.45, 2.75) is 20.4 Å². The highest BCUT2D eigenvalue weighted by atomic mass is 127. The van der Waals surface area contributed by atoms with Crippen LogP contribution in [0.25, 0.3) is 11.5 Å². The zero-order valence-electron chi connectivity index (χ0n) is 15.6. The normalized spacial score (nSPS) is 10.8. The lowest BCUT2D eigenvalue weighted by molar-refractivity contribution is -0.127. The Labute approximate surface area is 171 Å². The minimum absolute atomic E-state index is 0. The first-order valence-electron chi connectivity index (χ1n) is 8.23. The van der Waals surface area contributed by atoms with Crippen LogP contribution in [0.3, 0.4) is 0 Å². The molecule has 0 saturated carbocycles. The first-order valence-corrected chi connectivity index (χ1v) is 8.23. The van der Waals surface area contributed by atoms with E-state index in [0.717, 1.165) is 11.3 Å². The van der Waals surface area contributed by atoms with E-state index in [1.54, 1.807) is 20.4 Å². The van der Waals surface area contributed by atoms with E-state index in [0.29, 0.717) is 24.9 Å². The van der Waals surface area contributed by atoms with Crippen LogP contribution in [0.15, 0.2) is 39.9 Å². The van der Waals surface area contributed by atoms with E-state index in [9.17, 15) is 4.79 Å². The summed E-state index contributed by atoms with van der Waals surface area (Å²) in [5.41, 5.74) is 2.85. The van der Waals surface area contributed by atoms with Crippen LogP contribution in [0.1, 0.15) is 18.2 Å². The quantitative estimate of drug-likeness (QED) is 0.384. The highest BCUT2D eigenvalue weighted by molar-refractivity contribution is 14.0. The standard InChI is InChI=1S/C18H25N5O2.HI/c1-5-19-18(21-11-16(24)23(3)4)20-10-15-12-25-17(22-15)14-8-6-13(2)7-9-14;/h6-9,12H,5,10-11H2,1-4H3,(H2,19,20,21);1H. The van der Waals surface area contributed by atoms with Gasteiger partial charge in [0.25, 0.3) is 0 Å². The third kappa shape index (κ3) is 6.66. The Hall–Kier alpha value is -2.10. The average Bonchev–Trinajstić information content (AvgIpc) is 3.06. The van der Waals surface area contributed by atoms with Crippen molar-refractivity contribution in [1.82, 2.24) is 20.5 Å². The highest BCUT2D eigenvalue weighted by Gasteiger charge is 2.08. The van der Waals surface area contributed by atoms with Crippen molar-refractivity contribution < 1.29 is 9.21 Å². The van der Waals surface area contributed by atoms with E-state index in [4.69, 9.17) is 4.42 Å². The summed E-state index contributed by atoms with van der Waals surface area (Å²) in [5.74, 6) is 1.12. The number of hydrogen-bond acceptors (Lipinski definition) is 4. The lowest BCUT2D eigenvalue weighted by Gasteiger charge is -2.13. The van der Waals surface area contributed by atoms with Crippen LogP contribution in [0, 0.1) is 6.92 Å². The number of oxazole rings is 1. The van der Waals surface area contributed by atoms with Gasteiger partial charge in [-0.15, -0.1) is 24.0 Å². The Morgan fingerprint density at radius 1 is 1.23 bits per heavy atom. The molecular weight excluding hydrogens is 445 g/mol. The summed E-state index contributed by atoms with van der Waals surface area (Å²) in [6.45, 7) is 5.26. The van der Waals surface area contributed by atoms with E-state index < -0.39 is 0 Å². The van der Waals surface area contributed by atoms with E-state index in [-0.39, 0.29) is 36.4 Å². The van der Waals surface area contributed by atoms with Crippen LogP contribution in [-0.2, 0) is 11.3 Å². The third-order valence-corrected chi connectivity index (χ3v) is 3.50. The van der Waals surface area contributed by atoms with Crippen LogP contribution in [-0.4, -0.2) is 48.9 Å². The summed E-state index contributed by atoms with van der Waals surface area (Å²) in [6.07, 6.45) is 1.60. The summed E-state index contributed by atoms with van der Waals surface area (Å²) in [5, 5.41) is 6.11. The molecule has 0 spiro atoms. The molecular formula is C18H26IN5O2. The molecule has 7 nitrogen and oxygen atoms in total. The molecule has 2 N–H and O–H groups in total. The molecule has 0 aliphatic carbocycles. The summed E-state index contributed by atoms with van der Waals surface area (Å²) in [7, 11) is 3.44. The van der Waals surface area contributed by atoms with Gasteiger partial charge < -0.3 is 20.0 Å². The number of aryl methyl sites for hydroxylation is 1. The molecule has 1 amide bonds. The van der Waals surface area contributed by atoms with Gasteiger partial charge in [0.15, 0.2) is 5.96 Å². The molecule has 0 radical (unpaired) electrons. The smallest absolute Gasteiger partial charge is 0.241 e. The zero-order chi connectivity index (χ0) is 18.2. The first kappa shape index (κ1) is 21.9. The van der Waals surface area contributed by atoms with Crippen LogP contribution >= 0.6 is 24.0 Å². The Kier molecular flexibility index (Phi) is 9.11. The van der Waals surface area contributed by atoms with Crippen molar-refractivity contribution in [3.8, 4) is 11.5 Å². The Morgan fingerprint density at radius 2 is 1.92 bits per heavy atom. The summed E-state index contributed by atoms with van der Waals surface area (Å²) in [4.78, 5) is 22.1. The van der Waals surface area contributed by atoms with Gasteiger partial charge in [0.2, 0.25) is 11.8 Å². The van der Waals surface area contributed by atoms with E-state index in [2.05, 4.69) is 20.6 Å². The Bertz CT molecular complexity index is 725. The number of halogens is 1. The second-order valence-corrected chi connectivity index (χ2v) is 5.85. The first-order chi connectivity index (χ1) is 12.0. The number of likely N-dealkylation sites (N-methyl/N-ethyl adjacent to an activating group) is 1. The molecule has 1 aromatic heterocycles. The third-order valence-electron chi connectivity index (χ3n) is 3.50. The number of carbonyl (C=O) groups excluding carboxylic acids is 1. The summed E-state index contributed by atoms with van der Waals surface area (Å²) >= 11 is 0. The number of nitrogens with one attached hydrogen (secondary N) is 2. The van der Waals surface area contributed by atoms with Crippen LogP contribution < -0.4 is 10.6 Å². The fourth-order valence-electron chi connectivity index (χ4n) is 2.03. The number of aromatic nitrogens is 1. The van der Waals surface area contributed by atoms with Crippen LogP contribution in [0.2, 0.25) is 0 Å². The number of rotatable bonds is 6. The fourth-order valence-corrected chi connectivity index (χ4v) is 2.03. The van der Waals surface area contributed by atoms with Crippen molar-refractivity contribution in [2.24, 2.45) is 4.99 Å². The van der Waals surface area contributed by atoms with Gasteiger partial charge in [-0.3, -0.25) is 4.79 Å². The molecule has 0 bridgehead atoms. The van der Waals surface area contributed by atoms with Crippen molar-refractivity contribution in [2.75, 3.05) is 27.2 Å². The molecule has 0 fully saturated rings. The Morgan fingerprint density at radius 3 is 2.54 bits per heavy atom. The fraction of sp³-hybridized carbons (Fsp3) is 0.389. The molecule has 1 aromatic carbocycles. The molecule has 0 aliphatic heterocycles. The van der Waals surface area contributed by atoms with E-state index in [1.165, 1.54) is 10.5 Å². The lowest BCUT2D eigenvalue weighted by atomic mass is 10.1. The number of amides is 1. The molecule has 0 aliphatic rings. The number of nitrogens with zero attached hydrogens (tertiary/aromatic N) is 3. The number of benzene rings is 1. The molecule has 8 heteroatoms. The maximum atomic E-state index is 11.7. The average molecular weight is 471 g/mol. The SMILES string of the molecule is CCNC(=NCc1coc(-c2ccc(C)cc2)n1)NCC(=O)N(C)C.I. The molecule has 2 aromatic rings. The van der Waals surface area contributed by atoms with Gasteiger partial charge in [0, 0.05) is 26.2 Å². The minimum Gasteiger partial charge on any atom is -0.444 e. The van der Waals surface area contributed by atoms with E-state index in [1.807, 2.05) is 38.1 Å². The second kappa shape index (κ2) is 10.8. The maximum Gasteiger partial charge on any atom is 0.241 e. The maximum absolute atomic E-state index is 11.7. The topological polar surface area (TPSA) is 82.8 Å². The number of guanidine groups is 1. The monoisotopic (exact) mass is 471 g/mol. The van der Waals surface area contributed by atoms with Crippen molar-refractivity contribution in [3.63, 3.8) is 0 Å². The van der Waals surface area contributed by atoms with Gasteiger partial charge in [-0.25, -0.2) is 9.98 Å². The van der Waals surface area contributed by atoms with Gasteiger partial charge in [-0.05, 0) is 26.0 Å². The molecule has 0 atom stereocenters. The highest BCUT2D eigenvalue weighted by Crippen LogP contribution is 2.19. The molecule has 0 saturated heterocycles. The van der Waals surface area contributed by atoms with Crippen LogP contribution in [0.5, 0.6) is 0 Å². The number of hydrogen-bond donors (Lipinski definition) is 2. The van der Waals surface area contributed by atoms with Gasteiger partial charge in [0.1, 0.15) is 12.0 Å². The predicted molar refractivity (Wildman–Crippen MR) is 114 cm³/mol. The molecule has 2 rings (SSSR count).